The van der Waals surface area contributed by atoms with Crippen LogP contribution in [0.1, 0.15) is 25.7 Å². The summed E-state index contributed by atoms with van der Waals surface area (Å²) in [4.78, 5) is 4.18. The number of hydrogen-bond acceptors (Lipinski definition) is 5. The van der Waals surface area contributed by atoms with Crippen molar-refractivity contribution in [3.8, 4) is 0 Å². The van der Waals surface area contributed by atoms with Crippen molar-refractivity contribution in [3.63, 3.8) is 0 Å². The zero-order chi connectivity index (χ0) is 14.6. The van der Waals surface area contributed by atoms with Gasteiger partial charge in [-0.25, -0.2) is 18.1 Å². The number of sulfonamides is 1. The van der Waals surface area contributed by atoms with Crippen LogP contribution in [-0.2, 0) is 10.0 Å². The first-order valence-electron chi connectivity index (χ1n) is 6.84. The van der Waals surface area contributed by atoms with Gasteiger partial charge in [-0.2, -0.15) is 0 Å². The maximum absolute atomic E-state index is 11.5. The number of pyridine rings is 1. The van der Waals surface area contributed by atoms with Gasteiger partial charge in [0.2, 0.25) is 10.0 Å². The summed E-state index contributed by atoms with van der Waals surface area (Å²) < 4.78 is 25.3. The average molecular weight is 299 g/mol. The van der Waals surface area contributed by atoms with Gasteiger partial charge in [0.1, 0.15) is 10.7 Å². The third-order valence-electron chi connectivity index (χ3n) is 3.75. The highest BCUT2D eigenvalue weighted by Crippen LogP contribution is 2.27. The quantitative estimate of drug-likeness (QED) is 0.727. The predicted molar refractivity (Wildman–Crippen MR) is 76.9 cm³/mol. The largest absolute Gasteiger partial charge is 0.391 e. The molecule has 1 saturated carbocycles. The fourth-order valence-corrected chi connectivity index (χ4v) is 3.15. The normalized spacial score (nSPS) is 18.1. The average Bonchev–Trinajstić information content (AvgIpc) is 2.99. The molecule has 1 heterocycles. The Morgan fingerprint density at radius 1 is 1.40 bits per heavy atom. The van der Waals surface area contributed by atoms with Crippen molar-refractivity contribution >= 4 is 15.8 Å². The number of hydrogen-bond donors (Lipinski definition) is 3. The molecule has 3 N–H and O–H groups in total. The van der Waals surface area contributed by atoms with Gasteiger partial charge in [-0.1, -0.05) is 12.8 Å². The molecule has 0 radical (unpaired) electrons. The molecule has 1 aromatic heterocycles. The van der Waals surface area contributed by atoms with Crippen LogP contribution in [0.4, 0.5) is 5.82 Å². The van der Waals surface area contributed by atoms with Crippen LogP contribution in [-0.4, -0.2) is 38.2 Å². The minimum absolute atomic E-state index is 0.127. The third-order valence-corrected chi connectivity index (χ3v) is 5.15. The monoisotopic (exact) mass is 299 g/mol. The number of aromatic nitrogens is 1. The highest BCUT2D eigenvalue weighted by Gasteiger charge is 2.22. The molecule has 0 saturated heterocycles. The van der Waals surface area contributed by atoms with Gasteiger partial charge in [0, 0.05) is 12.7 Å². The second-order valence-corrected chi connectivity index (χ2v) is 6.97. The number of nitrogens with zero attached hydrogens (tertiary/aromatic N) is 1. The van der Waals surface area contributed by atoms with Crippen LogP contribution >= 0.6 is 0 Å². The van der Waals surface area contributed by atoms with Gasteiger partial charge in [-0.05, 0) is 37.9 Å². The fourth-order valence-electron chi connectivity index (χ4n) is 2.48. The van der Waals surface area contributed by atoms with Crippen LogP contribution in [0.25, 0.3) is 0 Å². The van der Waals surface area contributed by atoms with Crippen LogP contribution in [0, 0.1) is 5.92 Å². The van der Waals surface area contributed by atoms with Crippen molar-refractivity contribution in [1.82, 2.24) is 9.71 Å². The molecule has 2 rings (SSSR count). The molecule has 0 spiro atoms. The van der Waals surface area contributed by atoms with Gasteiger partial charge in [0.15, 0.2) is 0 Å². The summed E-state index contributed by atoms with van der Waals surface area (Å²) in [5, 5.41) is 13.1. The summed E-state index contributed by atoms with van der Waals surface area (Å²) in [5.41, 5.74) is 0. The van der Waals surface area contributed by atoms with Gasteiger partial charge in [0.25, 0.3) is 0 Å². The van der Waals surface area contributed by atoms with Crippen LogP contribution in [0.3, 0.4) is 0 Å². The number of rotatable bonds is 6. The zero-order valence-corrected chi connectivity index (χ0v) is 12.4. The summed E-state index contributed by atoms with van der Waals surface area (Å²) in [6.07, 6.45) is 5.47. The molecule has 0 aliphatic heterocycles. The fraction of sp³-hybridized carbons (Fsp3) is 0.615. The van der Waals surface area contributed by atoms with E-state index < -0.39 is 10.0 Å². The van der Waals surface area contributed by atoms with E-state index in [9.17, 15) is 13.5 Å². The lowest BCUT2D eigenvalue weighted by Crippen LogP contribution is -2.27. The van der Waals surface area contributed by atoms with E-state index in [2.05, 4.69) is 15.0 Å². The molecular formula is C13H21N3O3S. The molecule has 0 amide bonds. The minimum atomic E-state index is -3.45. The first-order valence-corrected chi connectivity index (χ1v) is 8.33. The Hall–Kier alpha value is -1.18. The van der Waals surface area contributed by atoms with Crippen molar-refractivity contribution in [2.75, 3.05) is 18.9 Å². The van der Waals surface area contributed by atoms with Crippen LogP contribution in [0.5, 0.6) is 0 Å². The number of nitrogens with one attached hydrogen (secondary N) is 2. The molecule has 112 valence electrons. The zero-order valence-electron chi connectivity index (χ0n) is 11.5. The van der Waals surface area contributed by atoms with E-state index in [1.807, 2.05) is 0 Å². The topological polar surface area (TPSA) is 91.3 Å². The molecule has 0 aromatic carbocycles. The highest BCUT2D eigenvalue weighted by atomic mass is 32.2. The molecule has 1 unspecified atom stereocenters. The van der Waals surface area contributed by atoms with E-state index in [0.717, 1.165) is 12.8 Å². The molecule has 7 heteroatoms. The number of aliphatic hydroxyl groups excluding tert-OH is 1. The lowest BCUT2D eigenvalue weighted by molar-refractivity contribution is 0.122. The van der Waals surface area contributed by atoms with E-state index in [1.165, 1.54) is 32.2 Å². The first-order chi connectivity index (χ1) is 9.53. The summed E-state index contributed by atoms with van der Waals surface area (Å²) >= 11 is 0. The van der Waals surface area contributed by atoms with Crippen molar-refractivity contribution in [2.45, 2.75) is 36.7 Å². The van der Waals surface area contributed by atoms with Gasteiger partial charge in [-0.3, -0.25) is 0 Å². The lowest BCUT2D eigenvalue weighted by Gasteiger charge is -2.18. The van der Waals surface area contributed by atoms with Crippen LogP contribution < -0.4 is 10.0 Å². The van der Waals surface area contributed by atoms with Crippen molar-refractivity contribution in [1.29, 1.82) is 0 Å². The summed E-state index contributed by atoms with van der Waals surface area (Å²) in [6.45, 7) is 0.440. The molecule has 20 heavy (non-hydrogen) atoms. The third kappa shape index (κ3) is 3.68. The van der Waals surface area contributed by atoms with E-state index in [1.54, 1.807) is 6.07 Å². The van der Waals surface area contributed by atoms with Crippen molar-refractivity contribution < 1.29 is 13.5 Å². The molecular weight excluding hydrogens is 278 g/mol. The Kier molecular flexibility index (Phi) is 4.95. The van der Waals surface area contributed by atoms with Gasteiger partial charge < -0.3 is 10.4 Å². The standard InChI is InChI=1S/C13H21N3O3S/c1-14-20(18,19)11-6-7-13(15-8-11)16-9-12(17)10-4-2-3-5-10/h6-8,10,12,14,17H,2-5,9H2,1H3,(H,15,16). The molecule has 1 fully saturated rings. The smallest absolute Gasteiger partial charge is 0.241 e. The summed E-state index contributed by atoms with van der Waals surface area (Å²) in [5.74, 6) is 0.934. The SMILES string of the molecule is CNS(=O)(=O)c1ccc(NCC(O)C2CCCC2)nc1. The van der Waals surface area contributed by atoms with Gasteiger partial charge in [-0.15, -0.1) is 0 Å². The second-order valence-electron chi connectivity index (χ2n) is 5.08. The Bertz CT molecular complexity index is 524. The minimum Gasteiger partial charge on any atom is -0.391 e. The van der Waals surface area contributed by atoms with Crippen LogP contribution in [0.2, 0.25) is 0 Å². The van der Waals surface area contributed by atoms with Gasteiger partial charge in [0.05, 0.1) is 6.10 Å². The number of anilines is 1. The van der Waals surface area contributed by atoms with Crippen molar-refractivity contribution in [3.05, 3.63) is 18.3 Å². The molecule has 1 aromatic rings. The second kappa shape index (κ2) is 6.51. The van der Waals surface area contributed by atoms with Crippen molar-refractivity contribution in [2.24, 2.45) is 5.92 Å². The van der Waals surface area contributed by atoms with Gasteiger partial charge >= 0.3 is 0 Å². The Balaban J connectivity index is 1.90. The summed E-state index contributed by atoms with van der Waals surface area (Å²) in [7, 11) is -2.09. The maximum atomic E-state index is 11.5. The molecule has 1 atom stereocenters. The summed E-state index contributed by atoms with van der Waals surface area (Å²) in [6, 6.07) is 3.09. The molecule has 1 aliphatic rings. The molecule has 6 nitrogen and oxygen atoms in total. The van der Waals surface area contributed by atoms with Crippen LogP contribution in [0.15, 0.2) is 23.2 Å². The Morgan fingerprint density at radius 3 is 2.65 bits per heavy atom. The Labute approximate surface area is 119 Å². The Morgan fingerprint density at radius 2 is 2.10 bits per heavy atom. The molecule has 0 bridgehead atoms. The highest BCUT2D eigenvalue weighted by molar-refractivity contribution is 7.89. The van der Waals surface area contributed by atoms with E-state index >= 15 is 0 Å². The first kappa shape index (κ1) is 15.2. The molecule has 1 aliphatic carbocycles. The van der Waals surface area contributed by atoms with E-state index in [4.69, 9.17) is 0 Å². The maximum Gasteiger partial charge on any atom is 0.241 e. The van der Waals surface area contributed by atoms with E-state index in [-0.39, 0.29) is 11.0 Å². The number of aliphatic hydroxyl groups is 1. The predicted octanol–water partition coefficient (Wildman–Crippen LogP) is 0.953. The van der Waals surface area contributed by atoms with E-state index in [0.29, 0.717) is 18.3 Å². The lowest BCUT2D eigenvalue weighted by atomic mass is 10.0.